The highest BCUT2D eigenvalue weighted by Gasteiger charge is 2.33. The van der Waals surface area contributed by atoms with Crippen molar-refractivity contribution in [2.24, 2.45) is 4.99 Å². The number of hydrogen-bond donors (Lipinski definition) is 1. The number of nitrogens with one attached hydrogen (secondary N) is 1. The van der Waals surface area contributed by atoms with E-state index in [-0.39, 0.29) is 6.04 Å². The monoisotopic (exact) mass is 332 g/mol. The topological polar surface area (TPSA) is 58.5 Å². The maximum Gasteiger partial charge on any atom is 0.264 e. The smallest absolute Gasteiger partial charge is 0.264 e. The van der Waals surface area contributed by atoms with Gasteiger partial charge in [0.05, 0.1) is 6.04 Å². The van der Waals surface area contributed by atoms with Gasteiger partial charge in [-0.05, 0) is 50.3 Å². The van der Waals surface area contributed by atoms with E-state index in [4.69, 9.17) is 4.99 Å². The zero-order chi connectivity index (χ0) is 16.6. The van der Waals surface area contributed by atoms with Crippen LogP contribution in [0.4, 0.5) is 0 Å². The summed E-state index contributed by atoms with van der Waals surface area (Å²) < 4.78 is 27.8. The minimum Gasteiger partial charge on any atom is -0.264 e. The van der Waals surface area contributed by atoms with Crippen molar-refractivity contribution in [2.45, 2.75) is 58.9 Å². The Morgan fingerprint density at radius 2 is 1.74 bits per heavy atom. The lowest BCUT2D eigenvalue weighted by Crippen LogP contribution is -2.26. The van der Waals surface area contributed by atoms with Crippen LogP contribution in [0.3, 0.4) is 0 Å². The molecule has 4 nitrogen and oxygen atoms in total. The summed E-state index contributed by atoms with van der Waals surface area (Å²) in [4.78, 5) is 5.07. The van der Waals surface area contributed by atoms with Crippen molar-refractivity contribution in [1.29, 1.82) is 0 Å². The first-order valence-electron chi connectivity index (χ1n) is 8.28. The van der Waals surface area contributed by atoms with Gasteiger partial charge in [0.1, 0.15) is 10.7 Å². The van der Waals surface area contributed by atoms with Crippen molar-refractivity contribution >= 4 is 20.8 Å². The fourth-order valence-corrected chi connectivity index (χ4v) is 4.83. The fraction of sp³-hybridized carbons (Fsp3) is 0.500. The molecular formula is C18H24N2O2S. The third-order valence-corrected chi connectivity index (χ3v) is 6.39. The van der Waals surface area contributed by atoms with Crippen molar-refractivity contribution in [3.05, 3.63) is 40.5 Å². The van der Waals surface area contributed by atoms with Gasteiger partial charge in [-0.15, -0.1) is 0 Å². The van der Waals surface area contributed by atoms with Gasteiger partial charge in [0.15, 0.2) is 0 Å². The second-order valence-electron chi connectivity index (χ2n) is 6.63. The highest BCUT2D eigenvalue weighted by Crippen LogP contribution is 2.32. The third-order valence-electron chi connectivity index (χ3n) is 4.85. The summed E-state index contributed by atoms with van der Waals surface area (Å²) in [6, 6.07) is 6.04. The second-order valence-corrected chi connectivity index (χ2v) is 8.25. The average Bonchev–Trinajstić information content (AvgIpc) is 2.72. The predicted octanol–water partition coefficient (Wildman–Crippen LogP) is 3.70. The summed E-state index contributed by atoms with van der Waals surface area (Å²) in [5.41, 5.74) is 3.73. The molecular weight excluding hydrogens is 308 g/mol. The number of aryl methyl sites for hydroxylation is 2. The van der Waals surface area contributed by atoms with Crippen LogP contribution in [0.25, 0.3) is 4.91 Å². The number of hydrogen-bond acceptors (Lipinski definition) is 3. The van der Waals surface area contributed by atoms with Crippen molar-refractivity contribution < 1.29 is 8.42 Å². The summed E-state index contributed by atoms with van der Waals surface area (Å²) in [6.07, 6.45) is 5.73. The van der Waals surface area contributed by atoms with Crippen LogP contribution in [0.5, 0.6) is 0 Å². The van der Waals surface area contributed by atoms with E-state index < -0.39 is 10.0 Å². The van der Waals surface area contributed by atoms with Gasteiger partial charge in [0, 0.05) is 5.57 Å². The second kappa shape index (κ2) is 6.11. The molecule has 1 N–H and O–H groups in total. The number of aliphatic imine (C=N–C) groups is 1. The van der Waals surface area contributed by atoms with E-state index in [1.54, 1.807) is 0 Å². The summed E-state index contributed by atoms with van der Waals surface area (Å²) in [6.45, 7) is 5.88. The highest BCUT2D eigenvalue weighted by molar-refractivity contribution is 8.00. The summed E-state index contributed by atoms with van der Waals surface area (Å²) in [5, 5.41) is 0. The van der Waals surface area contributed by atoms with Crippen LogP contribution in [0.2, 0.25) is 0 Å². The van der Waals surface area contributed by atoms with Gasteiger partial charge in [-0.2, -0.15) is 0 Å². The molecule has 3 rings (SSSR count). The summed E-state index contributed by atoms with van der Waals surface area (Å²) >= 11 is 0. The van der Waals surface area contributed by atoms with Crippen LogP contribution in [0.15, 0.2) is 28.8 Å². The van der Waals surface area contributed by atoms with Crippen molar-refractivity contribution in [2.75, 3.05) is 0 Å². The molecule has 0 unspecified atom stereocenters. The minimum atomic E-state index is -3.52. The molecule has 124 valence electrons. The Morgan fingerprint density at radius 1 is 1.04 bits per heavy atom. The first-order chi connectivity index (χ1) is 10.9. The van der Waals surface area contributed by atoms with Crippen molar-refractivity contribution in [1.82, 2.24) is 4.72 Å². The lowest BCUT2D eigenvalue weighted by molar-refractivity contribution is 0.443. The predicted molar refractivity (Wildman–Crippen MR) is 94.9 cm³/mol. The SMILES string of the molecule is CC1=C(c2ccc(C)c(C)c2)S(=O)(=O)NC1=NC1CCCCC1. The van der Waals surface area contributed by atoms with Crippen LogP contribution in [-0.4, -0.2) is 20.3 Å². The Morgan fingerprint density at radius 3 is 2.39 bits per heavy atom. The Bertz CT molecular complexity index is 785. The normalized spacial score (nSPS) is 23.3. The molecule has 0 bridgehead atoms. The molecule has 0 aromatic heterocycles. The van der Waals surface area contributed by atoms with Gasteiger partial charge in [0.25, 0.3) is 10.0 Å². The molecule has 0 atom stereocenters. The number of amidine groups is 1. The van der Waals surface area contributed by atoms with Gasteiger partial charge in [-0.3, -0.25) is 9.71 Å². The Labute approximate surface area is 138 Å². The number of sulfonamides is 1. The minimum absolute atomic E-state index is 0.246. The van der Waals surface area contributed by atoms with Gasteiger partial charge >= 0.3 is 0 Å². The molecule has 23 heavy (non-hydrogen) atoms. The van der Waals surface area contributed by atoms with Gasteiger partial charge in [0.2, 0.25) is 0 Å². The molecule has 1 saturated carbocycles. The quantitative estimate of drug-likeness (QED) is 0.898. The van der Waals surface area contributed by atoms with Crippen LogP contribution in [-0.2, 0) is 10.0 Å². The molecule has 1 fully saturated rings. The molecule has 1 aromatic carbocycles. The largest absolute Gasteiger partial charge is 0.264 e. The molecule has 1 aliphatic carbocycles. The van der Waals surface area contributed by atoms with Gasteiger partial charge in [-0.1, -0.05) is 37.5 Å². The maximum atomic E-state index is 12.6. The third kappa shape index (κ3) is 3.20. The Hall–Kier alpha value is -1.62. The lowest BCUT2D eigenvalue weighted by Gasteiger charge is -2.18. The van der Waals surface area contributed by atoms with E-state index in [1.165, 1.54) is 19.3 Å². The molecule has 2 aliphatic rings. The first kappa shape index (κ1) is 16.2. The zero-order valence-corrected chi connectivity index (χ0v) is 14.8. The van der Waals surface area contributed by atoms with Gasteiger partial charge in [-0.25, -0.2) is 8.42 Å². The molecule has 0 radical (unpaired) electrons. The highest BCUT2D eigenvalue weighted by atomic mass is 32.2. The first-order valence-corrected chi connectivity index (χ1v) is 9.76. The number of nitrogens with zero attached hydrogens (tertiary/aromatic N) is 1. The lowest BCUT2D eigenvalue weighted by atomic mass is 9.96. The summed E-state index contributed by atoms with van der Waals surface area (Å²) in [5.74, 6) is 0.533. The standard InChI is InChI=1S/C18H24N2O2S/c1-12-9-10-15(11-13(12)2)17-14(3)18(20-23(17,21)22)19-16-7-5-4-6-8-16/h9-11,16H,4-8H2,1-3H3,(H,19,20). The van der Waals surface area contributed by atoms with Crippen LogP contribution < -0.4 is 4.72 Å². The molecule has 1 aromatic rings. The Kier molecular flexibility index (Phi) is 4.32. The number of benzene rings is 1. The average molecular weight is 332 g/mol. The van der Waals surface area contributed by atoms with Crippen LogP contribution >= 0.6 is 0 Å². The van der Waals surface area contributed by atoms with Gasteiger partial charge < -0.3 is 0 Å². The molecule has 0 spiro atoms. The Balaban J connectivity index is 2.02. The fourth-order valence-electron chi connectivity index (χ4n) is 3.33. The molecule has 5 heteroatoms. The van der Waals surface area contributed by atoms with Crippen LogP contribution in [0.1, 0.15) is 55.7 Å². The van der Waals surface area contributed by atoms with Crippen molar-refractivity contribution in [3.63, 3.8) is 0 Å². The van der Waals surface area contributed by atoms with E-state index in [2.05, 4.69) is 4.72 Å². The van der Waals surface area contributed by atoms with E-state index in [0.29, 0.717) is 10.7 Å². The van der Waals surface area contributed by atoms with E-state index in [9.17, 15) is 8.42 Å². The molecule has 1 aliphatic heterocycles. The van der Waals surface area contributed by atoms with E-state index in [0.717, 1.165) is 35.1 Å². The van der Waals surface area contributed by atoms with Crippen molar-refractivity contribution in [3.8, 4) is 0 Å². The molecule has 0 amide bonds. The number of rotatable bonds is 2. The zero-order valence-electron chi connectivity index (χ0n) is 14.0. The van der Waals surface area contributed by atoms with E-state index in [1.807, 2.05) is 39.0 Å². The van der Waals surface area contributed by atoms with E-state index >= 15 is 0 Å². The summed E-state index contributed by atoms with van der Waals surface area (Å²) in [7, 11) is -3.52. The maximum absolute atomic E-state index is 12.6. The molecule has 1 heterocycles. The molecule has 0 saturated heterocycles. The van der Waals surface area contributed by atoms with Crippen LogP contribution in [0, 0.1) is 13.8 Å².